The van der Waals surface area contributed by atoms with E-state index in [2.05, 4.69) is 32.0 Å². The van der Waals surface area contributed by atoms with Crippen molar-refractivity contribution in [3.05, 3.63) is 35.9 Å². The second-order valence-electron chi connectivity index (χ2n) is 3.23. The van der Waals surface area contributed by atoms with Crippen molar-refractivity contribution in [2.45, 2.75) is 24.3 Å². The van der Waals surface area contributed by atoms with Crippen LogP contribution in [0.5, 0.6) is 0 Å². The third kappa shape index (κ3) is 3.35. The van der Waals surface area contributed by atoms with Crippen molar-refractivity contribution in [3.63, 3.8) is 0 Å². The van der Waals surface area contributed by atoms with Crippen molar-refractivity contribution in [3.8, 4) is 0 Å². The average molecular weight is 264 g/mol. The van der Waals surface area contributed by atoms with Crippen LogP contribution in [-0.4, -0.2) is 20.9 Å². The zero-order valence-electron chi connectivity index (χ0n) is 9.31. The fourth-order valence-electron chi connectivity index (χ4n) is 1.62. The van der Waals surface area contributed by atoms with E-state index in [-0.39, 0.29) is 0 Å². The summed E-state index contributed by atoms with van der Waals surface area (Å²) in [5.74, 6) is 0. The predicted molar refractivity (Wildman–Crippen MR) is 67.9 cm³/mol. The van der Waals surface area contributed by atoms with E-state index < -0.39 is 14.7 Å². The Kier molecular flexibility index (Phi) is 5.42. The fourth-order valence-corrected chi connectivity index (χ4v) is 5.69. The second kappa shape index (κ2) is 6.63. The maximum absolute atomic E-state index is 10.3. The normalized spacial score (nSPS) is 11.1. The van der Waals surface area contributed by atoms with E-state index in [0.717, 1.165) is 6.29 Å². The number of allylic oxidation sites excluding steroid dienone is 1. The van der Waals surface area contributed by atoms with E-state index in [0.29, 0.717) is 0 Å². The molecule has 0 aliphatic rings. The molecule has 0 fully saturated rings. The van der Waals surface area contributed by atoms with Gasteiger partial charge in [0.05, 0.1) is 0 Å². The van der Waals surface area contributed by atoms with Crippen LogP contribution in [0.1, 0.15) is 19.4 Å². The molecule has 1 aromatic carbocycles. The van der Waals surface area contributed by atoms with Crippen LogP contribution in [-0.2, 0) is 4.79 Å². The SMILES string of the molecule is CC[As](CC)c1ccccc1/C=C/C=O. The molecule has 0 aliphatic carbocycles. The number of carbonyl (C=O) groups is 1. The number of hydrogen-bond acceptors (Lipinski definition) is 1. The van der Waals surface area contributed by atoms with E-state index in [9.17, 15) is 4.79 Å². The first-order valence-corrected chi connectivity index (χ1v) is 8.88. The van der Waals surface area contributed by atoms with Crippen molar-refractivity contribution in [2.75, 3.05) is 0 Å². The van der Waals surface area contributed by atoms with Gasteiger partial charge in [-0.05, 0) is 0 Å². The van der Waals surface area contributed by atoms with Gasteiger partial charge < -0.3 is 0 Å². The van der Waals surface area contributed by atoms with Crippen molar-refractivity contribution < 1.29 is 4.79 Å². The first-order valence-electron chi connectivity index (χ1n) is 5.29. The molecule has 15 heavy (non-hydrogen) atoms. The summed E-state index contributed by atoms with van der Waals surface area (Å²) in [6, 6.07) is 8.45. The minimum atomic E-state index is -0.869. The van der Waals surface area contributed by atoms with Gasteiger partial charge in [-0.2, -0.15) is 0 Å². The Morgan fingerprint density at radius 1 is 1.20 bits per heavy atom. The Morgan fingerprint density at radius 3 is 2.47 bits per heavy atom. The number of benzene rings is 1. The molecule has 1 aromatic rings. The molecule has 0 N–H and O–H groups in total. The monoisotopic (exact) mass is 264 g/mol. The van der Waals surface area contributed by atoms with Crippen LogP contribution >= 0.6 is 0 Å². The molecule has 0 unspecified atom stereocenters. The molecule has 0 radical (unpaired) electrons. The summed E-state index contributed by atoms with van der Waals surface area (Å²) in [6.45, 7) is 4.54. The van der Waals surface area contributed by atoms with Gasteiger partial charge in [-0.25, -0.2) is 0 Å². The Balaban J connectivity index is 3.04. The molecule has 0 amide bonds. The number of hydrogen-bond donors (Lipinski definition) is 0. The molecule has 1 nitrogen and oxygen atoms in total. The molecule has 0 bridgehead atoms. The molecule has 0 atom stereocenters. The molecule has 80 valence electrons. The Bertz CT molecular complexity index is 340. The summed E-state index contributed by atoms with van der Waals surface area (Å²) in [5, 5.41) is 2.57. The first kappa shape index (κ1) is 12.3. The molecular weight excluding hydrogens is 247 g/mol. The van der Waals surface area contributed by atoms with Gasteiger partial charge in [0.15, 0.2) is 0 Å². The summed E-state index contributed by atoms with van der Waals surface area (Å²) in [7, 11) is 0. The summed E-state index contributed by atoms with van der Waals surface area (Å²) < 4.78 is 1.49. The summed E-state index contributed by atoms with van der Waals surface area (Å²) in [4.78, 5) is 10.3. The van der Waals surface area contributed by atoms with Crippen molar-refractivity contribution in [1.82, 2.24) is 0 Å². The molecule has 0 aromatic heterocycles. The van der Waals surface area contributed by atoms with Gasteiger partial charge in [0, 0.05) is 0 Å². The second-order valence-corrected chi connectivity index (χ2v) is 9.16. The van der Waals surface area contributed by atoms with Crippen LogP contribution in [0, 0.1) is 0 Å². The standard InChI is InChI=1S/C13H17AsO/c1-3-14(4-2)13-10-6-5-8-12(13)9-7-11-15/h5-11H,3-4H2,1-2H3/b9-7+. The fraction of sp³-hybridized carbons (Fsp3) is 0.308. The van der Waals surface area contributed by atoms with Gasteiger partial charge in [0.1, 0.15) is 0 Å². The maximum atomic E-state index is 10.3. The van der Waals surface area contributed by atoms with Gasteiger partial charge in [-0.1, -0.05) is 0 Å². The van der Waals surface area contributed by atoms with Crippen LogP contribution < -0.4 is 4.35 Å². The van der Waals surface area contributed by atoms with E-state index in [4.69, 9.17) is 0 Å². The summed E-state index contributed by atoms with van der Waals surface area (Å²) >= 11 is -0.869. The van der Waals surface area contributed by atoms with E-state index in [1.807, 2.05) is 12.1 Å². The molecule has 0 saturated carbocycles. The van der Waals surface area contributed by atoms with Crippen LogP contribution in [0.25, 0.3) is 6.08 Å². The van der Waals surface area contributed by atoms with Crippen LogP contribution in [0.4, 0.5) is 0 Å². The molecule has 0 aliphatic heterocycles. The number of aldehydes is 1. The van der Waals surface area contributed by atoms with Crippen molar-refractivity contribution in [2.24, 2.45) is 0 Å². The molecule has 2 heteroatoms. The van der Waals surface area contributed by atoms with Crippen LogP contribution in [0.3, 0.4) is 0 Å². The third-order valence-corrected chi connectivity index (χ3v) is 7.88. The Hall–Kier alpha value is -0.812. The first-order chi connectivity index (χ1) is 7.33. The van der Waals surface area contributed by atoms with Gasteiger partial charge in [-0.3, -0.25) is 0 Å². The van der Waals surface area contributed by atoms with Gasteiger partial charge in [0.2, 0.25) is 0 Å². The molecule has 0 spiro atoms. The van der Waals surface area contributed by atoms with Gasteiger partial charge in [0.25, 0.3) is 0 Å². The van der Waals surface area contributed by atoms with E-state index >= 15 is 0 Å². The van der Waals surface area contributed by atoms with Crippen molar-refractivity contribution >= 4 is 31.4 Å². The van der Waals surface area contributed by atoms with Crippen molar-refractivity contribution in [1.29, 1.82) is 0 Å². The minimum absolute atomic E-state index is 0.839. The predicted octanol–water partition coefficient (Wildman–Crippen LogP) is 2.64. The zero-order chi connectivity index (χ0) is 11.1. The molecular formula is C13H17AsO. The third-order valence-electron chi connectivity index (χ3n) is 2.40. The number of rotatable bonds is 5. The van der Waals surface area contributed by atoms with E-state index in [1.165, 1.54) is 20.3 Å². The topological polar surface area (TPSA) is 17.1 Å². The van der Waals surface area contributed by atoms with Gasteiger partial charge >= 0.3 is 96.3 Å². The average Bonchev–Trinajstić information content (AvgIpc) is 2.29. The van der Waals surface area contributed by atoms with Crippen LogP contribution in [0.2, 0.25) is 10.4 Å². The van der Waals surface area contributed by atoms with Gasteiger partial charge in [-0.15, -0.1) is 0 Å². The molecule has 0 saturated heterocycles. The quantitative estimate of drug-likeness (QED) is 0.454. The van der Waals surface area contributed by atoms with Crippen LogP contribution in [0.15, 0.2) is 30.3 Å². The Morgan fingerprint density at radius 2 is 1.87 bits per heavy atom. The summed E-state index contributed by atoms with van der Waals surface area (Å²) in [5.41, 5.74) is 1.23. The molecule has 1 rings (SSSR count). The Labute approximate surface area is 96.5 Å². The number of carbonyl (C=O) groups excluding carboxylic acids is 1. The van der Waals surface area contributed by atoms with E-state index in [1.54, 1.807) is 6.08 Å². The zero-order valence-corrected chi connectivity index (χ0v) is 11.2. The molecule has 0 heterocycles. The summed E-state index contributed by atoms with van der Waals surface area (Å²) in [6.07, 6.45) is 4.35.